The van der Waals surface area contributed by atoms with Crippen molar-refractivity contribution in [3.05, 3.63) is 47.7 Å². The van der Waals surface area contributed by atoms with Crippen molar-refractivity contribution in [2.45, 2.75) is 20.0 Å². The Balaban J connectivity index is 1.88. The molecule has 1 atom stereocenters. The predicted molar refractivity (Wildman–Crippen MR) is 91.8 cm³/mol. The first kappa shape index (κ1) is 17.1. The van der Waals surface area contributed by atoms with E-state index in [9.17, 15) is 14.7 Å². The molecule has 0 amide bonds. The maximum Gasteiger partial charge on any atom is 0.318 e. The molecule has 2 aromatic rings. The second kappa shape index (κ2) is 6.64. The average molecular weight is 341 g/mol. The molecule has 1 N–H and O–H groups in total. The van der Waals surface area contributed by atoms with Gasteiger partial charge in [0.1, 0.15) is 11.5 Å². The lowest BCUT2D eigenvalue weighted by Gasteiger charge is -2.34. The number of carbonyl (C=O) groups excluding carboxylic acids is 1. The lowest BCUT2D eigenvalue weighted by molar-refractivity contribution is -0.169. The fourth-order valence-corrected chi connectivity index (χ4v) is 2.66. The molecule has 1 saturated heterocycles. The minimum Gasteiger partial charge on any atom is -0.480 e. The van der Waals surface area contributed by atoms with Crippen LogP contribution in [0.5, 0.6) is 0 Å². The van der Waals surface area contributed by atoms with E-state index in [2.05, 4.69) is 4.98 Å². The highest BCUT2D eigenvalue weighted by atomic mass is 16.5. The summed E-state index contributed by atoms with van der Waals surface area (Å²) in [5.74, 6) is -1.24. The van der Waals surface area contributed by atoms with Crippen LogP contribution in [-0.4, -0.2) is 35.2 Å². The fraction of sp³-hybridized carbons (Fsp3) is 0.316. The summed E-state index contributed by atoms with van der Waals surface area (Å²) in [4.78, 5) is 27.0. The number of carboxylic acids is 1. The van der Waals surface area contributed by atoms with Gasteiger partial charge in [0.15, 0.2) is 0 Å². The van der Waals surface area contributed by atoms with Crippen molar-refractivity contribution in [2.75, 3.05) is 13.2 Å². The monoisotopic (exact) mass is 341 g/mol. The summed E-state index contributed by atoms with van der Waals surface area (Å²) in [6.07, 6.45) is 3.02. The summed E-state index contributed by atoms with van der Waals surface area (Å²) < 4.78 is 10.2. The molecule has 130 valence electrons. The maximum absolute atomic E-state index is 11.4. The predicted octanol–water partition coefficient (Wildman–Crippen LogP) is 2.97. The van der Waals surface area contributed by atoms with Gasteiger partial charge in [-0.3, -0.25) is 9.59 Å². The number of hydrogen-bond acceptors (Lipinski definition) is 5. The van der Waals surface area contributed by atoms with Gasteiger partial charge in [0.2, 0.25) is 0 Å². The number of esters is 1. The van der Waals surface area contributed by atoms with Crippen molar-refractivity contribution in [2.24, 2.45) is 5.41 Å². The average Bonchev–Trinajstić information content (AvgIpc) is 2.52. The highest BCUT2D eigenvalue weighted by Crippen LogP contribution is 2.30. The molecule has 1 aromatic carbocycles. The first-order valence-corrected chi connectivity index (χ1v) is 7.98. The molecular weight excluding hydrogens is 322 g/mol. The van der Waals surface area contributed by atoms with Gasteiger partial charge in [0, 0.05) is 12.3 Å². The van der Waals surface area contributed by atoms with Crippen LogP contribution in [0.25, 0.3) is 17.0 Å². The first-order valence-electron chi connectivity index (χ1n) is 7.98. The third-order valence-electron chi connectivity index (χ3n) is 4.24. The van der Waals surface area contributed by atoms with Crippen LogP contribution in [0, 0.1) is 5.41 Å². The number of pyridine rings is 1. The number of fused-ring (bicyclic) bond motifs is 1. The van der Waals surface area contributed by atoms with Crippen molar-refractivity contribution < 1.29 is 24.2 Å². The number of aliphatic carboxylic acids is 1. The van der Waals surface area contributed by atoms with E-state index in [0.29, 0.717) is 5.69 Å². The quantitative estimate of drug-likeness (QED) is 0.842. The van der Waals surface area contributed by atoms with Crippen molar-refractivity contribution in [1.82, 2.24) is 4.98 Å². The van der Waals surface area contributed by atoms with Crippen molar-refractivity contribution in [3.63, 3.8) is 0 Å². The Morgan fingerprint density at radius 1 is 1.32 bits per heavy atom. The number of aromatic nitrogens is 1. The number of rotatable bonds is 5. The van der Waals surface area contributed by atoms with Gasteiger partial charge in [0.05, 0.1) is 24.4 Å². The number of ether oxygens (including phenoxy) is 2. The van der Waals surface area contributed by atoms with Crippen LogP contribution in [0.15, 0.2) is 36.4 Å². The second-order valence-electron chi connectivity index (χ2n) is 6.23. The molecule has 0 spiro atoms. The van der Waals surface area contributed by atoms with Gasteiger partial charge in [-0.2, -0.15) is 0 Å². The molecule has 1 aromatic heterocycles. The Bertz CT molecular complexity index is 854. The van der Waals surface area contributed by atoms with Gasteiger partial charge >= 0.3 is 11.9 Å². The summed E-state index contributed by atoms with van der Waals surface area (Å²) in [6, 6.07) is 9.46. The van der Waals surface area contributed by atoms with Gasteiger partial charge < -0.3 is 14.6 Å². The van der Waals surface area contributed by atoms with Gasteiger partial charge in [-0.05, 0) is 24.6 Å². The molecule has 0 aliphatic carbocycles. The highest BCUT2D eigenvalue weighted by Gasteiger charge is 2.43. The van der Waals surface area contributed by atoms with E-state index in [1.54, 1.807) is 19.1 Å². The van der Waals surface area contributed by atoms with E-state index in [1.165, 1.54) is 6.92 Å². The smallest absolute Gasteiger partial charge is 0.318 e. The molecule has 2 heterocycles. The van der Waals surface area contributed by atoms with Gasteiger partial charge in [-0.25, -0.2) is 4.98 Å². The van der Waals surface area contributed by atoms with Gasteiger partial charge in [-0.1, -0.05) is 30.4 Å². The lowest BCUT2D eigenvalue weighted by atomic mass is 9.85. The molecule has 0 radical (unpaired) electrons. The summed E-state index contributed by atoms with van der Waals surface area (Å²) in [6.45, 7) is 3.51. The topological polar surface area (TPSA) is 85.7 Å². The zero-order valence-corrected chi connectivity index (χ0v) is 14.1. The molecule has 1 aliphatic heterocycles. The molecule has 0 bridgehead atoms. The normalized spacial score (nSPS) is 17.2. The van der Waals surface area contributed by atoms with Gasteiger partial charge in [0.25, 0.3) is 0 Å². The molecule has 1 fully saturated rings. The molecule has 1 aliphatic rings. The minimum atomic E-state index is -0.936. The van der Waals surface area contributed by atoms with Crippen molar-refractivity contribution in [1.29, 1.82) is 0 Å². The van der Waals surface area contributed by atoms with E-state index in [-0.39, 0.29) is 19.2 Å². The molecular formula is C19H19NO5. The summed E-state index contributed by atoms with van der Waals surface area (Å²) in [5.41, 5.74) is 1.34. The SMILES string of the molecule is CC(=O)O[C@H](C)c1ccc2ccc(/C=C/C3(C(=O)O)COC3)cc2n1. The largest absolute Gasteiger partial charge is 0.480 e. The summed E-state index contributed by atoms with van der Waals surface area (Å²) in [5, 5.41) is 10.3. The van der Waals surface area contributed by atoms with Crippen LogP contribution < -0.4 is 0 Å². The summed E-state index contributed by atoms with van der Waals surface area (Å²) >= 11 is 0. The molecule has 25 heavy (non-hydrogen) atoms. The Kier molecular flexibility index (Phi) is 4.55. The van der Waals surface area contributed by atoms with Crippen molar-refractivity contribution in [3.8, 4) is 0 Å². The van der Waals surface area contributed by atoms with Crippen LogP contribution in [0.4, 0.5) is 0 Å². The minimum absolute atomic E-state index is 0.189. The van der Waals surface area contributed by atoms with E-state index in [0.717, 1.165) is 16.5 Å². The van der Waals surface area contributed by atoms with Gasteiger partial charge in [-0.15, -0.1) is 0 Å². The van der Waals surface area contributed by atoms with E-state index < -0.39 is 17.5 Å². The maximum atomic E-state index is 11.4. The standard InChI is InChI=1S/C19H19NO5/c1-12(25-13(2)21)16-6-5-15-4-3-14(9-17(15)20-16)7-8-19(18(22)23)10-24-11-19/h3-9,12H,10-11H2,1-2H3,(H,22,23)/b8-7+/t12-/m1/s1. The molecule has 0 saturated carbocycles. The van der Waals surface area contributed by atoms with E-state index in [4.69, 9.17) is 9.47 Å². The molecule has 6 heteroatoms. The van der Waals surface area contributed by atoms with E-state index >= 15 is 0 Å². The zero-order chi connectivity index (χ0) is 18.0. The molecule has 6 nitrogen and oxygen atoms in total. The molecule has 0 unspecified atom stereocenters. The fourth-order valence-electron chi connectivity index (χ4n) is 2.66. The Morgan fingerprint density at radius 2 is 2.04 bits per heavy atom. The number of carbonyl (C=O) groups is 2. The summed E-state index contributed by atoms with van der Waals surface area (Å²) in [7, 11) is 0. The zero-order valence-electron chi connectivity index (χ0n) is 14.1. The Labute approximate surface area is 145 Å². The number of hydrogen-bond donors (Lipinski definition) is 1. The van der Waals surface area contributed by atoms with Crippen LogP contribution >= 0.6 is 0 Å². The third kappa shape index (κ3) is 3.53. The lowest BCUT2D eigenvalue weighted by Crippen LogP contribution is -2.47. The Morgan fingerprint density at radius 3 is 2.64 bits per heavy atom. The number of benzene rings is 1. The second-order valence-corrected chi connectivity index (χ2v) is 6.23. The molecule has 3 rings (SSSR count). The number of carboxylic acid groups (broad SMARTS) is 1. The van der Waals surface area contributed by atoms with Crippen LogP contribution in [-0.2, 0) is 19.1 Å². The van der Waals surface area contributed by atoms with Crippen LogP contribution in [0.1, 0.15) is 31.2 Å². The number of nitrogens with zero attached hydrogens (tertiary/aromatic N) is 1. The van der Waals surface area contributed by atoms with E-state index in [1.807, 2.05) is 30.3 Å². The van der Waals surface area contributed by atoms with Crippen molar-refractivity contribution >= 4 is 28.9 Å². The first-order chi connectivity index (χ1) is 11.9. The van der Waals surface area contributed by atoms with Crippen LogP contribution in [0.3, 0.4) is 0 Å². The Hall–Kier alpha value is -2.73. The third-order valence-corrected chi connectivity index (χ3v) is 4.24. The highest BCUT2D eigenvalue weighted by molar-refractivity contribution is 5.83. The van der Waals surface area contributed by atoms with Crippen LogP contribution in [0.2, 0.25) is 0 Å².